The van der Waals surface area contributed by atoms with Crippen molar-refractivity contribution in [2.75, 3.05) is 7.11 Å². The van der Waals surface area contributed by atoms with Gasteiger partial charge in [0.05, 0.1) is 18.4 Å². The molecule has 0 radical (unpaired) electrons. The molecule has 4 rings (SSSR count). The molecule has 0 fully saturated rings. The molecule has 3 aromatic rings. The Morgan fingerprint density at radius 1 is 1.06 bits per heavy atom. The highest BCUT2D eigenvalue weighted by Crippen LogP contribution is 2.38. The second kappa shape index (κ2) is 8.35. The summed E-state index contributed by atoms with van der Waals surface area (Å²) in [6.45, 7) is 6.52. The van der Waals surface area contributed by atoms with E-state index in [4.69, 9.17) is 9.57 Å². The third-order valence-corrected chi connectivity index (χ3v) is 6.07. The van der Waals surface area contributed by atoms with Gasteiger partial charge in [-0.25, -0.2) is 4.79 Å². The average Bonchev–Trinajstić information content (AvgIpc) is 3.07. The first-order valence-electron chi connectivity index (χ1n) is 10.2. The molecule has 5 nitrogen and oxygen atoms in total. The fourth-order valence-electron chi connectivity index (χ4n) is 4.09. The normalized spacial score (nSPS) is 16.1. The predicted molar refractivity (Wildman–Crippen MR) is 125 cm³/mol. The molecule has 6 heteroatoms. The lowest BCUT2D eigenvalue weighted by atomic mass is 9.76. The summed E-state index contributed by atoms with van der Waals surface area (Å²) in [5.74, 6) is 0.204. The van der Waals surface area contributed by atoms with Crippen LogP contribution in [0.3, 0.4) is 0 Å². The standard InChI is InChI=1S/C25H25BrN2O3/c1-16-13-21-22(27-31-24(29)17-5-11-20(30-4)12-6-17)14-25(2,3)15-23(21)28(16)19-9-7-18(26)8-10-19/h5-13H,14-15H2,1-4H3/b27-22+. The summed E-state index contributed by atoms with van der Waals surface area (Å²) >= 11 is 3.51. The number of aryl methyl sites for hydroxylation is 1. The van der Waals surface area contributed by atoms with Crippen molar-refractivity contribution in [2.45, 2.75) is 33.6 Å². The Morgan fingerprint density at radius 3 is 2.39 bits per heavy atom. The molecule has 0 saturated heterocycles. The minimum Gasteiger partial charge on any atom is -0.497 e. The van der Waals surface area contributed by atoms with Crippen LogP contribution in [0.15, 0.2) is 64.2 Å². The summed E-state index contributed by atoms with van der Waals surface area (Å²) in [5, 5.41) is 4.32. The maximum atomic E-state index is 12.5. The minimum absolute atomic E-state index is 0.00371. The number of carbonyl (C=O) groups is 1. The van der Waals surface area contributed by atoms with E-state index in [1.54, 1.807) is 31.4 Å². The predicted octanol–water partition coefficient (Wildman–Crippen LogP) is 6.09. The van der Waals surface area contributed by atoms with Gasteiger partial charge in [0.1, 0.15) is 5.75 Å². The molecule has 160 valence electrons. The molecule has 0 amide bonds. The van der Waals surface area contributed by atoms with E-state index in [1.165, 1.54) is 5.69 Å². The van der Waals surface area contributed by atoms with Gasteiger partial charge in [-0.3, -0.25) is 0 Å². The van der Waals surface area contributed by atoms with Crippen LogP contribution in [-0.2, 0) is 11.3 Å². The second-order valence-electron chi connectivity index (χ2n) is 8.62. The van der Waals surface area contributed by atoms with Gasteiger partial charge < -0.3 is 14.1 Å². The van der Waals surface area contributed by atoms with Gasteiger partial charge >= 0.3 is 5.97 Å². The van der Waals surface area contributed by atoms with Crippen LogP contribution in [0, 0.1) is 12.3 Å². The molecule has 2 aromatic carbocycles. The highest BCUT2D eigenvalue weighted by molar-refractivity contribution is 9.10. The van der Waals surface area contributed by atoms with Crippen molar-refractivity contribution in [1.29, 1.82) is 0 Å². The van der Waals surface area contributed by atoms with Crippen LogP contribution in [0.2, 0.25) is 0 Å². The molecular weight excluding hydrogens is 456 g/mol. The molecule has 1 aliphatic carbocycles. The van der Waals surface area contributed by atoms with E-state index in [2.05, 4.69) is 64.6 Å². The SMILES string of the molecule is COc1ccc(C(=O)O/N=C2\CC(C)(C)Cc3c2cc(C)n3-c2ccc(Br)cc2)cc1. The number of hydrogen-bond donors (Lipinski definition) is 0. The molecule has 0 N–H and O–H groups in total. The number of methoxy groups -OCH3 is 1. The number of ether oxygens (including phenoxy) is 1. The van der Waals surface area contributed by atoms with Crippen molar-refractivity contribution in [3.63, 3.8) is 0 Å². The van der Waals surface area contributed by atoms with E-state index in [9.17, 15) is 4.79 Å². The first-order chi connectivity index (χ1) is 14.8. The van der Waals surface area contributed by atoms with E-state index >= 15 is 0 Å². The van der Waals surface area contributed by atoms with Gasteiger partial charge in [0, 0.05) is 27.1 Å². The summed E-state index contributed by atoms with van der Waals surface area (Å²) in [7, 11) is 1.59. The second-order valence-corrected chi connectivity index (χ2v) is 9.54. The summed E-state index contributed by atoms with van der Waals surface area (Å²) in [6.07, 6.45) is 1.65. The zero-order chi connectivity index (χ0) is 22.2. The lowest BCUT2D eigenvalue weighted by molar-refractivity contribution is 0.0514. The topological polar surface area (TPSA) is 52.8 Å². The van der Waals surface area contributed by atoms with Crippen molar-refractivity contribution in [2.24, 2.45) is 10.6 Å². The molecule has 0 aliphatic heterocycles. The van der Waals surface area contributed by atoms with Crippen LogP contribution in [0.1, 0.15) is 47.6 Å². The quantitative estimate of drug-likeness (QED) is 0.335. The first kappa shape index (κ1) is 21.4. The Hall–Kier alpha value is -2.86. The largest absolute Gasteiger partial charge is 0.497 e. The number of aromatic nitrogens is 1. The molecule has 1 aliphatic rings. The van der Waals surface area contributed by atoms with Crippen LogP contribution in [0.4, 0.5) is 0 Å². The van der Waals surface area contributed by atoms with Gasteiger partial charge in [-0.05, 0) is 79.8 Å². The smallest absolute Gasteiger partial charge is 0.365 e. The fraction of sp³-hybridized carbons (Fsp3) is 0.280. The Kier molecular flexibility index (Phi) is 5.75. The summed E-state index contributed by atoms with van der Waals surface area (Å²) in [4.78, 5) is 17.9. The van der Waals surface area contributed by atoms with Crippen LogP contribution < -0.4 is 4.74 Å². The van der Waals surface area contributed by atoms with Crippen LogP contribution >= 0.6 is 15.9 Å². The Labute approximate surface area is 190 Å². The lowest BCUT2D eigenvalue weighted by Gasteiger charge is -2.31. The number of carbonyl (C=O) groups excluding carboxylic acids is 1. The van der Waals surface area contributed by atoms with Gasteiger partial charge in [-0.1, -0.05) is 34.9 Å². The number of hydrogen-bond acceptors (Lipinski definition) is 4. The number of nitrogens with zero attached hydrogens (tertiary/aromatic N) is 2. The van der Waals surface area contributed by atoms with E-state index < -0.39 is 5.97 Å². The molecule has 31 heavy (non-hydrogen) atoms. The number of oxime groups is 1. The van der Waals surface area contributed by atoms with Crippen LogP contribution in [-0.4, -0.2) is 23.4 Å². The van der Waals surface area contributed by atoms with Gasteiger partial charge in [0.2, 0.25) is 0 Å². The molecule has 0 spiro atoms. The van der Waals surface area contributed by atoms with E-state index in [1.807, 2.05) is 12.1 Å². The summed E-state index contributed by atoms with van der Waals surface area (Å²) < 4.78 is 8.45. The number of rotatable bonds is 4. The van der Waals surface area contributed by atoms with Gasteiger partial charge in [-0.15, -0.1) is 0 Å². The van der Waals surface area contributed by atoms with Crippen molar-refractivity contribution >= 4 is 27.6 Å². The molecule has 0 saturated carbocycles. The molecule has 0 atom stereocenters. The maximum absolute atomic E-state index is 12.5. The van der Waals surface area contributed by atoms with E-state index in [0.29, 0.717) is 11.3 Å². The highest BCUT2D eigenvalue weighted by Gasteiger charge is 2.33. The molecule has 0 unspecified atom stereocenters. The monoisotopic (exact) mass is 480 g/mol. The zero-order valence-electron chi connectivity index (χ0n) is 18.1. The van der Waals surface area contributed by atoms with Crippen molar-refractivity contribution in [3.05, 3.63) is 81.6 Å². The van der Waals surface area contributed by atoms with Gasteiger partial charge in [-0.2, -0.15) is 0 Å². The minimum atomic E-state index is -0.482. The van der Waals surface area contributed by atoms with E-state index in [0.717, 1.165) is 40.0 Å². The Balaban J connectivity index is 1.68. The molecule has 0 bridgehead atoms. The maximum Gasteiger partial charge on any atom is 0.365 e. The first-order valence-corrected chi connectivity index (χ1v) is 11.0. The average molecular weight is 481 g/mol. The van der Waals surface area contributed by atoms with Gasteiger partial charge in [0.15, 0.2) is 0 Å². The third kappa shape index (κ3) is 4.44. The van der Waals surface area contributed by atoms with Gasteiger partial charge in [0.25, 0.3) is 0 Å². The van der Waals surface area contributed by atoms with E-state index in [-0.39, 0.29) is 5.41 Å². The highest BCUT2D eigenvalue weighted by atomic mass is 79.9. The fourth-order valence-corrected chi connectivity index (χ4v) is 4.35. The van der Waals surface area contributed by atoms with Crippen molar-refractivity contribution < 1.29 is 14.4 Å². The van der Waals surface area contributed by atoms with Crippen LogP contribution in [0.25, 0.3) is 5.69 Å². The number of benzene rings is 2. The Bertz CT molecular complexity index is 1140. The summed E-state index contributed by atoms with van der Waals surface area (Å²) in [6, 6.07) is 17.2. The summed E-state index contributed by atoms with van der Waals surface area (Å²) in [5.41, 5.74) is 5.69. The number of halogens is 1. The van der Waals surface area contributed by atoms with Crippen molar-refractivity contribution in [3.8, 4) is 11.4 Å². The van der Waals surface area contributed by atoms with Crippen molar-refractivity contribution in [1.82, 2.24) is 4.57 Å². The third-order valence-electron chi connectivity index (χ3n) is 5.54. The molecule has 1 aromatic heterocycles. The number of fused-ring (bicyclic) bond motifs is 1. The molecular formula is C25H25BrN2O3. The Morgan fingerprint density at radius 2 is 1.74 bits per heavy atom. The zero-order valence-corrected chi connectivity index (χ0v) is 19.7. The lowest BCUT2D eigenvalue weighted by Crippen LogP contribution is -2.28. The molecule has 1 heterocycles. The van der Waals surface area contributed by atoms with Crippen LogP contribution in [0.5, 0.6) is 5.75 Å².